The summed E-state index contributed by atoms with van der Waals surface area (Å²) in [5.74, 6) is 1.37. The third-order valence-electron chi connectivity index (χ3n) is 6.92. The molecular weight excluding hydrogens is 406 g/mol. The molecule has 5 rings (SSSR count). The molecular formula is C25H29N3O4. The number of nitrogens with zero attached hydrogens (tertiary/aromatic N) is 2. The molecule has 2 amide bonds. The van der Waals surface area contributed by atoms with Gasteiger partial charge in [0.25, 0.3) is 5.91 Å². The molecule has 4 heterocycles. The summed E-state index contributed by atoms with van der Waals surface area (Å²) in [6, 6.07) is 9.52. The zero-order valence-corrected chi connectivity index (χ0v) is 18.2. The number of carbonyl (C=O) groups excluding carboxylic acids is 2. The van der Waals surface area contributed by atoms with Crippen molar-refractivity contribution in [1.29, 1.82) is 0 Å². The van der Waals surface area contributed by atoms with Gasteiger partial charge in [0.15, 0.2) is 0 Å². The van der Waals surface area contributed by atoms with Crippen LogP contribution in [0, 0.1) is 5.92 Å². The lowest BCUT2D eigenvalue weighted by Gasteiger charge is -2.50. The maximum Gasteiger partial charge on any atom is 0.251 e. The highest BCUT2D eigenvalue weighted by Gasteiger charge is 2.53. The van der Waals surface area contributed by atoms with Crippen LogP contribution in [-0.4, -0.2) is 60.1 Å². The number of rotatable bonds is 6. The van der Waals surface area contributed by atoms with Crippen molar-refractivity contribution in [3.63, 3.8) is 0 Å². The van der Waals surface area contributed by atoms with Crippen LogP contribution >= 0.6 is 0 Å². The van der Waals surface area contributed by atoms with Gasteiger partial charge >= 0.3 is 0 Å². The highest BCUT2D eigenvalue weighted by molar-refractivity contribution is 5.93. The number of amides is 2. The smallest absolute Gasteiger partial charge is 0.251 e. The molecule has 0 bridgehead atoms. The third kappa shape index (κ3) is 4.21. The first-order chi connectivity index (χ1) is 15.6. The first-order valence-corrected chi connectivity index (χ1v) is 11.5. The Kier molecular flexibility index (Phi) is 5.83. The molecule has 1 N–H and O–H groups in total. The number of carbonyl (C=O) groups is 2. The SMILES string of the molecule is O=C(NCC[C@@H]1CCOC12CN(C(=O)Cc1ccc3c(c1)CCCO3)C2)c1ccncc1. The van der Waals surface area contributed by atoms with E-state index in [4.69, 9.17) is 9.47 Å². The summed E-state index contributed by atoms with van der Waals surface area (Å²) >= 11 is 0. The van der Waals surface area contributed by atoms with Gasteiger partial charge in [0, 0.05) is 31.1 Å². The molecule has 1 spiro atoms. The van der Waals surface area contributed by atoms with E-state index in [1.165, 1.54) is 5.56 Å². The minimum Gasteiger partial charge on any atom is -0.493 e. The van der Waals surface area contributed by atoms with Gasteiger partial charge in [0.1, 0.15) is 11.4 Å². The van der Waals surface area contributed by atoms with Crippen LogP contribution in [0.1, 0.15) is 40.7 Å². The van der Waals surface area contributed by atoms with Gasteiger partial charge in [0.05, 0.1) is 26.1 Å². The van der Waals surface area contributed by atoms with Crippen molar-refractivity contribution in [3.8, 4) is 5.75 Å². The minimum absolute atomic E-state index is 0.0822. The second-order valence-corrected chi connectivity index (χ2v) is 9.00. The summed E-state index contributed by atoms with van der Waals surface area (Å²) in [7, 11) is 0. The van der Waals surface area contributed by atoms with Gasteiger partial charge < -0.3 is 19.7 Å². The van der Waals surface area contributed by atoms with Crippen molar-refractivity contribution in [2.75, 3.05) is 32.8 Å². The summed E-state index contributed by atoms with van der Waals surface area (Å²) in [5.41, 5.74) is 2.62. The van der Waals surface area contributed by atoms with Crippen LogP contribution in [0.5, 0.6) is 5.75 Å². The van der Waals surface area contributed by atoms with Crippen LogP contribution in [-0.2, 0) is 22.4 Å². The van der Waals surface area contributed by atoms with Gasteiger partial charge in [-0.1, -0.05) is 12.1 Å². The van der Waals surface area contributed by atoms with E-state index in [1.807, 2.05) is 17.0 Å². The minimum atomic E-state index is -0.249. The summed E-state index contributed by atoms with van der Waals surface area (Å²) in [5, 5.41) is 2.99. The van der Waals surface area contributed by atoms with E-state index < -0.39 is 0 Å². The number of hydrogen-bond donors (Lipinski definition) is 1. The molecule has 0 aliphatic carbocycles. The fourth-order valence-corrected chi connectivity index (χ4v) is 5.09. The van der Waals surface area contributed by atoms with Crippen molar-refractivity contribution in [2.45, 2.75) is 37.7 Å². The molecule has 2 fully saturated rings. The molecule has 3 aliphatic rings. The number of aryl methyl sites for hydroxylation is 1. The van der Waals surface area contributed by atoms with Crippen molar-refractivity contribution in [1.82, 2.24) is 15.2 Å². The molecule has 7 nitrogen and oxygen atoms in total. The normalized spacial score (nSPS) is 20.9. The Balaban J connectivity index is 1.11. The number of aromatic nitrogens is 1. The Bertz CT molecular complexity index is 988. The summed E-state index contributed by atoms with van der Waals surface area (Å²) in [4.78, 5) is 30.9. The quantitative estimate of drug-likeness (QED) is 0.754. The predicted octanol–water partition coefficient (Wildman–Crippen LogP) is 2.39. The number of fused-ring (bicyclic) bond motifs is 1. The van der Waals surface area contributed by atoms with Crippen molar-refractivity contribution in [3.05, 3.63) is 59.4 Å². The lowest BCUT2D eigenvalue weighted by Crippen LogP contribution is -2.66. The maximum atomic E-state index is 12.8. The summed E-state index contributed by atoms with van der Waals surface area (Å²) < 4.78 is 11.8. The molecule has 1 aromatic carbocycles. The zero-order valence-electron chi connectivity index (χ0n) is 18.2. The van der Waals surface area contributed by atoms with Crippen LogP contribution in [0.25, 0.3) is 0 Å². The Morgan fingerprint density at radius 3 is 2.84 bits per heavy atom. The van der Waals surface area contributed by atoms with Gasteiger partial charge in [-0.25, -0.2) is 0 Å². The second kappa shape index (κ2) is 8.90. The average molecular weight is 436 g/mol. The van der Waals surface area contributed by atoms with E-state index in [1.54, 1.807) is 24.5 Å². The molecule has 0 saturated carbocycles. The van der Waals surface area contributed by atoms with Crippen LogP contribution in [0.2, 0.25) is 0 Å². The average Bonchev–Trinajstić information content (AvgIpc) is 3.22. The van der Waals surface area contributed by atoms with Crippen molar-refractivity contribution in [2.24, 2.45) is 5.92 Å². The Morgan fingerprint density at radius 1 is 1.16 bits per heavy atom. The molecule has 32 heavy (non-hydrogen) atoms. The van der Waals surface area contributed by atoms with Crippen LogP contribution in [0.15, 0.2) is 42.7 Å². The Morgan fingerprint density at radius 2 is 2.00 bits per heavy atom. The molecule has 7 heteroatoms. The van der Waals surface area contributed by atoms with E-state index in [2.05, 4.69) is 16.4 Å². The maximum absolute atomic E-state index is 12.8. The fraction of sp³-hybridized carbons (Fsp3) is 0.480. The van der Waals surface area contributed by atoms with E-state index in [0.717, 1.165) is 50.2 Å². The number of likely N-dealkylation sites (tertiary alicyclic amines) is 1. The topological polar surface area (TPSA) is 80.8 Å². The summed E-state index contributed by atoms with van der Waals surface area (Å²) in [6.07, 6.45) is 7.51. The third-order valence-corrected chi connectivity index (χ3v) is 6.92. The summed E-state index contributed by atoms with van der Waals surface area (Å²) in [6.45, 7) is 3.37. The first-order valence-electron chi connectivity index (χ1n) is 11.5. The lowest BCUT2D eigenvalue weighted by molar-refractivity contribution is -0.164. The van der Waals surface area contributed by atoms with E-state index >= 15 is 0 Å². The standard InChI is InChI=1S/C25H29N3O4/c29-23(15-18-3-4-22-20(14-18)2-1-12-31-22)28-16-25(17-28)21(8-13-32-25)7-11-27-24(30)19-5-9-26-10-6-19/h3-6,9-10,14,21H,1-2,7-8,11-13,15-17H2,(H,27,30)/t21-/m1/s1. The molecule has 1 aromatic heterocycles. The van der Waals surface area contributed by atoms with Gasteiger partial charge in [-0.3, -0.25) is 14.6 Å². The molecule has 0 unspecified atom stereocenters. The zero-order chi connectivity index (χ0) is 22.0. The molecule has 168 valence electrons. The number of pyridine rings is 1. The van der Waals surface area contributed by atoms with Gasteiger partial charge in [0.2, 0.25) is 5.91 Å². The molecule has 2 aromatic rings. The monoisotopic (exact) mass is 435 g/mol. The van der Waals surface area contributed by atoms with E-state index in [0.29, 0.717) is 37.5 Å². The second-order valence-electron chi connectivity index (χ2n) is 9.00. The molecule has 0 radical (unpaired) electrons. The molecule has 3 aliphatic heterocycles. The highest BCUT2D eigenvalue weighted by Crippen LogP contribution is 2.41. The predicted molar refractivity (Wildman–Crippen MR) is 119 cm³/mol. The van der Waals surface area contributed by atoms with Gasteiger partial charge in [-0.15, -0.1) is 0 Å². The van der Waals surface area contributed by atoms with Crippen LogP contribution in [0.3, 0.4) is 0 Å². The Hall–Kier alpha value is -2.93. The van der Waals surface area contributed by atoms with Crippen molar-refractivity contribution >= 4 is 11.8 Å². The lowest BCUT2D eigenvalue weighted by atomic mass is 9.78. The number of hydrogen-bond acceptors (Lipinski definition) is 5. The Labute approximate surface area is 188 Å². The fourth-order valence-electron chi connectivity index (χ4n) is 5.09. The molecule has 2 saturated heterocycles. The largest absolute Gasteiger partial charge is 0.493 e. The van der Waals surface area contributed by atoms with Crippen LogP contribution in [0.4, 0.5) is 0 Å². The van der Waals surface area contributed by atoms with Gasteiger partial charge in [-0.05, 0) is 60.9 Å². The number of nitrogens with one attached hydrogen (secondary N) is 1. The highest BCUT2D eigenvalue weighted by atomic mass is 16.5. The number of ether oxygens (including phenoxy) is 2. The first kappa shape index (κ1) is 20.9. The number of benzene rings is 1. The van der Waals surface area contributed by atoms with Gasteiger partial charge in [-0.2, -0.15) is 0 Å². The van der Waals surface area contributed by atoms with Crippen LogP contribution < -0.4 is 10.1 Å². The van der Waals surface area contributed by atoms with Crippen molar-refractivity contribution < 1.29 is 19.1 Å². The molecule has 1 atom stereocenters. The van der Waals surface area contributed by atoms with E-state index in [9.17, 15) is 9.59 Å². The van der Waals surface area contributed by atoms with E-state index in [-0.39, 0.29) is 17.4 Å².